The predicted molar refractivity (Wildman–Crippen MR) is 58.1 cm³/mol. The van der Waals surface area contributed by atoms with Gasteiger partial charge in [0.25, 0.3) is 0 Å². The average molecular weight is 218 g/mol. The van der Waals surface area contributed by atoms with Crippen molar-refractivity contribution >= 4 is 5.97 Å². The molecule has 3 rings (SSSR count). The minimum absolute atomic E-state index is 0.161. The lowest BCUT2D eigenvalue weighted by Crippen LogP contribution is -2.22. The number of ether oxygens (including phenoxy) is 2. The first-order valence-electron chi connectivity index (χ1n) is 5.75. The van der Waals surface area contributed by atoms with E-state index in [1.165, 1.54) is 0 Å². The fraction of sp³-hybridized carbons (Fsp3) is 0.462. The second-order valence-electron chi connectivity index (χ2n) is 4.50. The van der Waals surface area contributed by atoms with E-state index >= 15 is 0 Å². The first-order chi connectivity index (χ1) is 7.80. The molecule has 1 saturated heterocycles. The third-order valence-corrected chi connectivity index (χ3v) is 3.40. The minimum Gasteiger partial charge on any atom is -0.425 e. The molecule has 2 fully saturated rings. The molecule has 3 nitrogen and oxygen atoms in total. The average Bonchev–Trinajstić information content (AvgIpc) is 2.79. The van der Waals surface area contributed by atoms with Crippen LogP contribution in [-0.2, 0) is 9.53 Å². The molecule has 1 aliphatic carbocycles. The highest BCUT2D eigenvalue weighted by molar-refractivity contribution is 5.81. The van der Waals surface area contributed by atoms with E-state index in [-0.39, 0.29) is 17.7 Å². The number of rotatable bonds is 2. The summed E-state index contributed by atoms with van der Waals surface area (Å²) in [7, 11) is 0. The molecule has 0 bridgehead atoms. The number of epoxide rings is 1. The Morgan fingerprint density at radius 2 is 1.94 bits per heavy atom. The van der Waals surface area contributed by atoms with Crippen LogP contribution in [0.3, 0.4) is 0 Å². The SMILES string of the molecule is O=C(Oc1ccccc1)C1OC12CCCC2. The van der Waals surface area contributed by atoms with Gasteiger partial charge < -0.3 is 9.47 Å². The predicted octanol–water partition coefficient (Wildman–Crippen LogP) is 2.30. The highest BCUT2D eigenvalue weighted by Crippen LogP contribution is 2.50. The summed E-state index contributed by atoms with van der Waals surface area (Å²) in [6, 6.07) is 9.15. The molecule has 0 aromatic heterocycles. The highest BCUT2D eigenvalue weighted by Gasteiger charge is 2.62. The van der Waals surface area contributed by atoms with Crippen molar-refractivity contribution in [2.45, 2.75) is 37.4 Å². The van der Waals surface area contributed by atoms with E-state index in [4.69, 9.17) is 9.47 Å². The number of carbonyl (C=O) groups is 1. The maximum Gasteiger partial charge on any atom is 0.343 e. The van der Waals surface area contributed by atoms with Gasteiger partial charge in [0.15, 0.2) is 6.10 Å². The van der Waals surface area contributed by atoms with Gasteiger partial charge in [0, 0.05) is 0 Å². The largest absolute Gasteiger partial charge is 0.425 e. The van der Waals surface area contributed by atoms with Gasteiger partial charge in [-0.15, -0.1) is 0 Å². The highest BCUT2D eigenvalue weighted by atomic mass is 16.7. The monoisotopic (exact) mass is 218 g/mol. The molecular formula is C13H14O3. The van der Waals surface area contributed by atoms with Crippen LogP contribution in [0.25, 0.3) is 0 Å². The Hall–Kier alpha value is -1.35. The Labute approximate surface area is 94.4 Å². The summed E-state index contributed by atoms with van der Waals surface area (Å²) in [5, 5.41) is 0. The van der Waals surface area contributed by atoms with Gasteiger partial charge in [0.1, 0.15) is 11.4 Å². The lowest BCUT2D eigenvalue weighted by molar-refractivity contribution is -0.135. The Morgan fingerprint density at radius 1 is 1.25 bits per heavy atom. The molecule has 3 heteroatoms. The molecule has 0 amide bonds. The summed E-state index contributed by atoms with van der Waals surface area (Å²) in [5.74, 6) is 0.351. The van der Waals surface area contributed by atoms with Gasteiger partial charge >= 0.3 is 5.97 Å². The van der Waals surface area contributed by atoms with Crippen LogP contribution < -0.4 is 4.74 Å². The number of hydrogen-bond donors (Lipinski definition) is 0. The first-order valence-corrected chi connectivity index (χ1v) is 5.75. The Morgan fingerprint density at radius 3 is 2.62 bits per heavy atom. The first kappa shape index (κ1) is 9.85. The molecule has 1 unspecified atom stereocenters. The van der Waals surface area contributed by atoms with Crippen LogP contribution in [0.2, 0.25) is 0 Å². The fourth-order valence-corrected chi connectivity index (χ4v) is 2.48. The molecule has 1 aliphatic heterocycles. The summed E-state index contributed by atoms with van der Waals surface area (Å²) >= 11 is 0. The maximum atomic E-state index is 11.8. The molecule has 1 aromatic carbocycles. The molecule has 84 valence electrons. The van der Waals surface area contributed by atoms with Crippen molar-refractivity contribution in [2.75, 3.05) is 0 Å². The zero-order chi connectivity index (χ0) is 11.0. The zero-order valence-electron chi connectivity index (χ0n) is 9.02. The van der Waals surface area contributed by atoms with Gasteiger partial charge in [-0.05, 0) is 25.0 Å². The Bertz CT molecular complexity index is 393. The van der Waals surface area contributed by atoms with Crippen LogP contribution in [0.15, 0.2) is 30.3 Å². The number of hydrogen-bond acceptors (Lipinski definition) is 3. The van der Waals surface area contributed by atoms with Crippen molar-refractivity contribution in [2.24, 2.45) is 0 Å². The van der Waals surface area contributed by atoms with Gasteiger partial charge in [-0.3, -0.25) is 0 Å². The third-order valence-electron chi connectivity index (χ3n) is 3.40. The quantitative estimate of drug-likeness (QED) is 0.434. The zero-order valence-corrected chi connectivity index (χ0v) is 9.02. The molecule has 2 aliphatic rings. The lowest BCUT2D eigenvalue weighted by Gasteiger charge is -2.03. The van der Waals surface area contributed by atoms with Crippen molar-refractivity contribution in [3.63, 3.8) is 0 Å². The molecule has 1 heterocycles. The van der Waals surface area contributed by atoms with Crippen LogP contribution in [0.5, 0.6) is 5.75 Å². The van der Waals surface area contributed by atoms with E-state index in [1.54, 1.807) is 12.1 Å². The number of carbonyl (C=O) groups excluding carboxylic acids is 1. The van der Waals surface area contributed by atoms with Crippen LogP contribution in [-0.4, -0.2) is 17.7 Å². The smallest absolute Gasteiger partial charge is 0.343 e. The molecule has 1 aromatic rings. The van der Waals surface area contributed by atoms with Gasteiger partial charge in [0.2, 0.25) is 0 Å². The molecule has 16 heavy (non-hydrogen) atoms. The number of para-hydroxylation sites is 1. The summed E-state index contributed by atoms with van der Waals surface area (Å²) in [5.41, 5.74) is -0.161. The van der Waals surface area contributed by atoms with Gasteiger partial charge in [-0.25, -0.2) is 4.79 Å². The lowest BCUT2D eigenvalue weighted by atomic mass is 10.0. The fourth-order valence-electron chi connectivity index (χ4n) is 2.48. The van der Waals surface area contributed by atoms with E-state index in [0.717, 1.165) is 25.7 Å². The van der Waals surface area contributed by atoms with E-state index in [1.807, 2.05) is 18.2 Å². The molecule has 0 N–H and O–H groups in total. The maximum absolute atomic E-state index is 11.8. The van der Waals surface area contributed by atoms with Crippen LogP contribution >= 0.6 is 0 Å². The molecule has 1 atom stereocenters. The van der Waals surface area contributed by atoms with Crippen molar-refractivity contribution in [1.82, 2.24) is 0 Å². The minimum atomic E-state index is -0.324. The summed E-state index contributed by atoms with van der Waals surface area (Å²) in [4.78, 5) is 11.8. The van der Waals surface area contributed by atoms with Gasteiger partial charge in [-0.2, -0.15) is 0 Å². The summed E-state index contributed by atoms with van der Waals surface area (Å²) in [6.45, 7) is 0. The van der Waals surface area contributed by atoms with Crippen molar-refractivity contribution in [3.05, 3.63) is 30.3 Å². The molecule has 1 spiro atoms. The number of benzene rings is 1. The van der Waals surface area contributed by atoms with Gasteiger partial charge in [-0.1, -0.05) is 31.0 Å². The molecular weight excluding hydrogens is 204 g/mol. The summed E-state index contributed by atoms with van der Waals surface area (Å²) < 4.78 is 10.8. The van der Waals surface area contributed by atoms with E-state index in [2.05, 4.69) is 0 Å². The standard InChI is InChI=1S/C13H14O3/c14-12(15-10-6-2-1-3-7-10)11-13(16-11)8-4-5-9-13/h1-3,6-7,11H,4-5,8-9H2. The van der Waals surface area contributed by atoms with Crippen LogP contribution in [0.4, 0.5) is 0 Å². The topological polar surface area (TPSA) is 38.8 Å². The molecule has 1 saturated carbocycles. The third kappa shape index (κ3) is 1.61. The van der Waals surface area contributed by atoms with Crippen LogP contribution in [0, 0.1) is 0 Å². The van der Waals surface area contributed by atoms with Crippen molar-refractivity contribution in [3.8, 4) is 5.75 Å². The Balaban J connectivity index is 1.63. The summed E-state index contributed by atoms with van der Waals surface area (Å²) in [6.07, 6.45) is 4.00. The van der Waals surface area contributed by atoms with Crippen molar-refractivity contribution in [1.29, 1.82) is 0 Å². The van der Waals surface area contributed by atoms with E-state index < -0.39 is 0 Å². The normalized spacial score (nSPS) is 25.6. The Kier molecular flexibility index (Phi) is 2.21. The second kappa shape index (κ2) is 3.59. The number of esters is 1. The van der Waals surface area contributed by atoms with E-state index in [0.29, 0.717) is 5.75 Å². The van der Waals surface area contributed by atoms with Gasteiger partial charge in [0.05, 0.1) is 0 Å². The second-order valence-corrected chi connectivity index (χ2v) is 4.50. The van der Waals surface area contributed by atoms with E-state index in [9.17, 15) is 4.79 Å². The van der Waals surface area contributed by atoms with Crippen molar-refractivity contribution < 1.29 is 14.3 Å². The van der Waals surface area contributed by atoms with Crippen LogP contribution in [0.1, 0.15) is 25.7 Å². The molecule has 0 radical (unpaired) electrons.